The van der Waals surface area contributed by atoms with Crippen LogP contribution in [0, 0.1) is 11.8 Å². The molecule has 1 saturated carbocycles. The maximum atomic E-state index is 12.9. The molecule has 1 aromatic rings. The standard InChI is InChI=1S/C18H23F3N2S2/c1-2-12-7-8-15(12)16-23(9-4-10-25-16)17(24)22-14-6-3-5-13(11-14)18(19,20)21/h3,5-6,11-12,15-16H,2,4,7-10H2,1H3,(H,22,24). The summed E-state index contributed by atoms with van der Waals surface area (Å²) < 4.78 is 38.7. The van der Waals surface area contributed by atoms with Crippen molar-refractivity contribution in [1.29, 1.82) is 0 Å². The molecule has 1 aliphatic carbocycles. The Hall–Kier alpha value is -0.950. The molecule has 0 spiro atoms. The van der Waals surface area contributed by atoms with Gasteiger partial charge in [0.1, 0.15) is 0 Å². The van der Waals surface area contributed by atoms with Crippen LogP contribution >= 0.6 is 24.0 Å². The van der Waals surface area contributed by atoms with E-state index < -0.39 is 11.7 Å². The number of benzene rings is 1. The molecule has 0 aromatic heterocycles. The molecule has 2 nitrogen and oxygen atoms in total. The number of alkyl halides is 3. The molecule has 0 radical (unpaired) electrons. The lowest BCUT2D eigenvalue weighted by atomic mass is 9.71. The van der Waals surface area contributed by atoms with Gasteiger partial charge in [0.15, 0.2) is 5.11 Å². The first-order valence-electron chi connectivity index (χ1n) is 8.76. The van der Waals surface area contributed by atoms with Crippen LogP contribution in [0.2, 0.25) is 0 Å². The molecule has 138 valence electrons. The molecule has 2 aliphatic rings. The predicted octanol–water partition coefficient (Wildman–Crippen LogP) is 5.60. The highest BCUT2D eigenvalue weighted by Gasteiger charge is 2.41. The maximum absolute atomic E-state index is 12.9. The summed E-state index contributed by atoms with van der Waals surface area (Å²) in [6.07, 6.45) is 0.389. The molecule has 0 bridgehead atoms. The van der Waals surface area contributed by atoms with Crippen molar-refractivity contribution in [2.24, 2.45) is 11.8 Å². The van der Waals surface area contributed by atoms with Crippen LogP contribution in [0.1, 0.15) is 38.2 Å². The highest BCUT2D eigenvalue weighted by atomic mass is 32.2. The average Bonchev–Trinajstić information content (AvgIpc) is 2.54. The lowest BCUT2D eigenvalue weighted by molar-refractivity contribution is -0.137. The third-order valence-corrected chi connectivity index (χ3v) is 7.01. The summed E-state index contributed by atoms with van der Waals surface area (Å²) in [6, 6.07) is 5.24. The minimum absolute atomic E-state index is 0.346. The lowest BCUT2D eigenvalue weighted by Gasteiger charge is -2.48. The second-order valence-electron chi connectivity index (χ2n) is 6.73. The fourth-order valence-electron chi connectivity index (χ4n) is 3.67. The maximum Gasteiger partial charge on any atom is 0.416 e. The van der Waals surface area contributed by atoms with E-state index in [1.54, 1.807) is 6.07 Å². The van der Waals surface area contributed by atoms with E-state index in [4.69, 9.17) is 12.2 Å². The van der Waals surface area contributed by atoms with Crippen molar-refractivity contribution < 1.29 is 13.2 Å². The van der Waals surface area contributed by atoms with Gasteiger partial charge in [0.05, 0.1) is 10.9 Å². The van der Waals surface area contributed by atoms with E-state index in [-0.39, 0.29) is 0 Å². The molecule has 3 rings (SSSR count). The van der Waals surface area contributed by atoms with E-state index in [9.17, 15) is 13.2 Å². The third kappa shape index (κ3) is 4.25. The first kappa shape index (κ1) is 18.8. The zero-order valence-corrected chi connectivity index (χ0v) is 15.8. The summed E-state index contributed by atoms with van der Waals surface area (Å²) in [5, 5.41) is 3.92. The monoisotopic (exact) mass is 388 g/mol. The number of hydrogen-bond donors (Lipinski definition) is 1. The van der Waals surface area contributed by atoms with Gasteiger partial charge in [0.2, 0.25) is 0 Å². The Kier molecular flexibility index (Phi) is 5.83. The summed E-state index contributed by atoms with van der Waals surface area (Å²) >= 11 is 7.50. The van der Waals surface area contributed by atoms with Crippen molar-refractivity contribution >= 4 is 34.8 Å². The predicted molar refractivity (Wildman–Crippen MR) is 102 cm³/mol. The number of thioether (sulfide) groups is 1. The second-order valence-corrected chi connectivity index (χ2v) is 8.34. The molecule has 1 aromatic carbocycles. The Labute approximate surface area is 156 Å². The van der Waals surface area contributed by atoms with Crippen LogP contribution in [0.5, 0.6) is 0 Å². The molecule has 0 amide bonds. The van der Waals surface area contributed by atoms with Crippen LogP contribution in [0.15, 0.2) is 24.3 Å². The molecule has 25 heavy (non-hydrogen) atoms. The van der Waals surface area contributed by atoms with Crippen molar-refractivity contribution in [3.05, 3.63) is 29.8 Å². The van der Waals surface area contributed by atoms with E-state index in [0.717, 1.165) is 36.8 Å². The van der Waals surface area contributed by atoms with E-state index in [2.05, 4.69) is 17.1 Å². The van der Waals surface area contributed by atoms with E-state index in [0.29, 0.717) is 22.1 Å². The lowest BCUT2D eigenvalue weighted by Crippen LogP contribution is -2.51. The molecular weight excluding hydrogens is 365 g/mol. The number of anilines is 1. The Bertz CT molecular complexity index is 619. The zero-order chi connectivity index (χ0) is 18.0. The smallest absolute Gasteiger partial charge is 0.337 e. The van der Waals surface area contributed by atoms with Crippen molar-refractivity contribution in [2.45, 2.75) is 44.2 Å². The second kappa shape index (κ2) is 7.74. The van der Waals surface area contributed by atoms with E-state index in [1.165, 1.54) is 25.3 Å². The third-order valence-electron chi connectivity index (χ3n) is 5.21. The van der Waals surface area contributed by atoms with Crippen LogP contribution in [0.4, 0.5) is 18.9 Å². The molecule has 1 N–H and O–H groups in total. The molecule has 1 heterocycles. The van der Waals surface area contributed by atoms with Gasteiger partial charge in [-0.2, -0.15) is 13.2 Å². The average molecular weight is 389 g/mol. The Morgan fingerprint density at radius 2 is 2.16 bits per heavy atom. The highest BCUT2D eigenvalue weighted by molar-refractivity contribution is 8.00. The van der Waals surface area contributed by atoms with E-state index in [1.807, 2.05) is 11.8 Å². The number of halogens is 3. The summed E-state index contributed by atoms with van der Waals surface area (Å²) in [6.45, 7) is 3.10. The minimum Gasteiger partial charge on any atom is -0.337 e. The molecule has 1 saturated heterocycles. The van der Waals surface area contributed by atoms with Gasteiger partial charge < -0.3 is 10.2 Å². The van der Waals surface area contributed by atoms with Crippen molar-refractivity contribution in [2.75, 3.05) is 17.6 Å². The first-order chi connectivity index (χ1) is 11.9. The highest BCUT2D eigenvalue weighted by Crippen LogP contribution is 2.45. The van der Waals surface area contributed by atoms with Crippen LogP contribution in [0.25, 0.3) is 0 Å². The van der Waals surface area contributed by atoms with Gasteiger partial charge >= 0.3 is 6.18 Å². The van der Waals surface area contributed by atoms with Crippen LogP contribution < -0.4 is 5.32 Å². The van der Waals surface area contributed by atoms with Crippen LogP contribution in [0.3, 0.4) is 0 Å². The fraction of sp³-hybridized carbons (Fsp3) is 0.611. The summed E-state index contributed by atoms with van der Waals surface area (Å²) in [5.41, 5.74) is -0.260. The van der Waals surface area contributed by atoms with Crippen molar-refractivity contribution in [1.82, 2.24) is 4.90 Å². The van der Waals surface area contributed by atoms with Crippen molar-refractivity contribution in [3.63, 3.8) is 0 Å². The summed E-state index contributed by atoms with van der Waals surface area (Å²) in [5.74, 6) is 2.51. The van der Waals surface area contributed by atoms with Gasteiger partial charge in [0.25, 0.3) is 0 Å². The first-order valence-corrected chi connectivity index (χ1v) is 10.2. The van der Waals surface area contributed by atoms with Gasteiger partial charge in [-0.05, 0) is 67.3 Å². The van der Waals surface area contributed by atoms with E-state index >= 15 is 0 Å². The largest absolute Gasteiger partial charge is 0.416 e. The number of hydrogen-bond acceptors (Lipinski definition) is 2. The molecule has 1 aliphatic heterocycles. The van der Waals surface area contributed by atoms with Crippen LogP contribution in [-0.4, -0.2) is 27.7 Å². The number of nitrogens with zero attached hydrogens (tertiary/aromatic N) is 1. The Balaban J connectivity index is 1.71. The SMILES string of the molecule is CCC1CCC1C1SCCCN1C(=S)Nc1cccc(C(F)(F)F)c1. The van der Waals surface area contributed by atoms with Crippen molar-refractivity contribution in [3.8, 4) is 0 Å². The normalized spacial score (nSPS) is 26.9. The molecule has 3 atom stereocenters. The molecule has 3 unspecified atom stereocenters. The minimum atomic E-state index is -4.34. The van der Waals surface area contributed by atoms with Gasteiger partial charge in [-0.1, -0.05) is 19.4 Å². The quantitative estimate of drug-likeness (QED) is 0.677. The van der Waals surface area contributed by atoms with Gasteiger partial charge in [-0.15, -0.1) is 11.8 Å². The zero-order valence-electron chi connectivity index (χ0n) is 14.2. The van der Waals surface area contributed by atoms with Crippen LogP contribution in [-0.2, 0) is 6.18 Å². The topological polar surface area (TPSA) is 15.3 Å². The summed E-state index contributed by atoms with van der Waals surface area (Å²) in [4.78, 5) is 2.19. The number of rotatable bonds is 3. The summed E-state index contributed by atoms with van der Waals surface area (Å²) in [7, 11) is 0. The molecule has 7 heteroatoms. The number of nitrogens with one attached hydrogen (secondary N) is 1. The molecular formula is C18H23F3N2S2. The van der Waals surface area contributed by atoms with Gasteiger partial charge in [-0.3, -0.25) is 0 Å². The Morgan fingerprint density at radius 1 is 1.36 bits per heavy atom. The fourth-order valence-corrected chi connectivity index (χ4v) is 5.60. The number of thiocarbonyl (C=S) groups is 1. The van der Waals surface area contributed by atoms with Gasteiger partial charge in [-0.25, -0.2) is 0 Å². The Morgan fingerprint density at radius 3 is 2.80 bits per heavy atom. The molecule has 2 fully saturated rings. The van der Waals surface area contributed by atoms with Gasteiger partial charge in [0, 0.05) is 12.2 Å².